The van der Waals surface area contributed by atoms with E-state index in [0.717, 1.165) is 0 Å². The van der Waals surface area contributed by atoms with Crippen molar-refractivity contribution in [1.29, 1.82) is 0 Å². The molecular weight excluding hydrogens is 214 g/mol. The molecule has 1 aromatic heterocycles. The fourth-order valence-corrected chi connectivity index (χ4v) is 1.37. The largest absolute Gasteiger partial charge is 0.452 e. The number of hydrogen-bond donors (Lipinski definition) is 1. The van der Waals surface area contributed by atoms with Gasteiger partial charge in [-0.05, 0) is 18.2 Å². The normalized spacial score (nSPS) is 10.3. The lowest BCUT2D eigenvalue weighted by molar-refractivity contribution is 0.484. The van der Waals surface area contributed by atoms with E-state index in [1.54, 1.807) is 35.3 Å². The molecule has 0 saturated carbocycles. The zero-order valence-electron chi connectivity index (χ0n) is 8.14. The summed E-state index contributed by atoms with van der Waals surface area (Å²) in [5, 5.41) is 4.57. The second kappa shape index (κ2) is 3.82. The molecule has 0 amide bonds. The molecule has 0 aliphatic heterocycles. The van der Waals surface area contributed by atoms with Crippen molar-refractivity contribution in [3.63, 3.8) is 0 Å². The molecule has 78 valence electrons. The van der Waals surface area contributed by atoms with Gasteiger partial charge >= 0.3 is 0 Å². The molecule has 0 aliphatic rings. The quantitative estimate of drug-likeness (QED) is 0.796. The minimum Gasteiger partial charge on any atom is -0.452 e. The van der Waals surface area contributed by atoms with Gasteiger partial charge in [-0.3, -0.25) is 4.68 Å². The van der Waals surface area contributed by atoms with Crippen molar-refractivity contribution < 1.29 is 4.74 Å². The summed E-state index contributed by atoms with van der Waals surface area (Å²) in [5.74, 6) is 1.22. The van der Waals surface area contributed by atoms with Gasteiger partial charge in [-0.25, -0.2) is 0 Å². The lowest BCUT2D eigenvalue weighted by Crippen LogP contribution is -1.91. The van der Waals surface area contributed by atoms with Gasteiger partial charge in [0.05, 0.1) is 18.1 Å². The Morgan fingerprint density at radius 1 is 1.47 bits per heavy atom. The smallest absolute Gasteiger partial charge is 0.165 e. The standard InChI is InChI=1S/C10H10ClN3O/c1-14-6-8(5-13-14)15-10-3-2-7(11)4-9(10)12/h2-6H,12H2,1H3. The predicted molar refractivity (Wildman–Crippen MR) is 59.1 cm³/mol. The predicted octanol–water partition coefficient (Wildman–Crippen LogP) is 2.45. The van der Waals surface area contributed by atoms with Gasteiger partial charge in [-0.15, -0.1) is 0 Å². The molecule has 1 heterocycles. The molecule has 0 radical (unpaired) electrons. The van der Waals surface area contributed by atoms with E-state index in [2.05, 4.69) is 5.10 Å². The number of aryl methyl sites for hydroxylation is 1. The number of nitrogens with zero attached hydrogens (tertiary/aromatic N) is 2. The lowest BCUT2D eigenvalue weighted by Gasteiger charge is -2.05. The van der Waals surface area contributed by atoms with Crippen LogP contribution in [0, 0.1) is 0 Å². The minimum atomic E-state index is 0.506. The van der Waals surface area contributed by atoms with Gasteiger partial charge in [0.25, 0.3) is 0 Å². The summed E-state index contributed by atoms with van der Waals surface area (Å²) in [7, 11) is 1.82. The maximum absolute atomic E-state index is 5.77. The van der Waals surface area contributed by atoms with Crippen molar-refractivity contribution in [3.05, 3.63) is 35.6 Å². The summed E-state index contributed by atoms with van der Waals surface area (Å²) in [6.07, 6.45) is 3.38. The molecule has 5 heteroatoms. The van der Waals surface area contributed by atoms with Crippen LogP contribution in [0.1, 0.15) is 0 Å². The molecule has 2 N–H and O–H groups in total. The number of rotatable bonds is 2. The molecule has 2 aromatic rings. The van der Waals surface area contributed by atoms with Crippen LogP contribution in [-0.2, 0) is 7.05 Å². The van der Waals surface area contributed by atoms with Crippen molar-refractivity contribution in [2.24, 2.45) is 7.05 Å². The molecule has 4 nitrogen and oxygen atoms in total. The van der Waals surface area contributed by atoms with Crippen molar-refractivity contribution in [2.75, 3.05) is 5.73 Å². The molecule has 0 unspecified atom stereocenters. The zero-order valence-corrected chi connectivity index (χ0v) is 8.90. The molecular formula is C10H10ClN3O. The number of anilines is 1. The second-order valence-electron chi connectivity index (χ2n) is 3.13. The van der Waals surface area contributed by atoms with Crippen molar-refractivity contribution in [1.82, 2.24) is 9.78 Å². The highest BCUT2D eigenvalue weighted by Gasteiger charge is 2.03. The van der Waals surface area contributed by atoms with Crippen LogP contribution in [0.15, 0.2) is 30.6 Å². The Labute approximate surface area is 92.2 Å². The third kappa shape index (κ3) is 2.22. The maximum atomic E-state index is 5.77. The number of ether oxygens (including phenoxy) is 1. The lowest BCUT2D eigenvalue weighted by atomic mass is 10.3. The Morgan fingerprint density at radius 2 is 2.27 bits per heavy atom. The van der Waals surface area contributed by atoms with E-state index >= 15 is 0 Å². The Kier molecular flexibility index (Phi) is 2.51. The van der Waals surface area contributed by atoms with Crippen LogP contribution in [0.3, 0.4) is 0 Å². The Hall–Kier alpha value is -1.68. The number of aromatic nitrogens is 2. The van der Waals surface area contributed by atoms with Gasteiger partial charge in [-0.2, -0.15) is 5.10 Å². The van der Waals surface area contributed by atoms with E-state index in [4.69, 9.17) is 22.1 Å². The number of benzene rings is 1. The first-order valence-corrected chi connectivity index (χ1v) is 4.74. The van der Waals surface area contributed by atoms with Crippen LogP contribution in [0.5, 0.6) is 11.5 Å². The molecule has 0 atom stereocenters. The molecule has 0 spiro atoms. The average Bonchev–Trinajstić information content (AvgIpc) is 2.56. The SMILES string of the molecule is Cn1cc(Oc2ccc(Cl)cc2N)cn1. The molecule has 0 aliphatic carbocycles. The van der Waals surface area contributed by atoms with Crippen molar-refractivity contribution in [3.8, 4) is 11.5 Å². The van der Waals surface area contributed by atoms with Crippen LogP contribution >= 0.6 is 11.6 Å². The van der Waals surface area contributed by atoms with Gasteiger partial charge in [0.15, 0.2) is 11.5 Å². The Morgan fingerprint density at radius 3 is 2.87 bits per heavy atom. The summed E-state index contributed by atoms with van der Waals surface area (Å²) in [4.78, 5) is 0. The third-order valence-corrected chi connectivity index (χ3v) is 2.12. The average molecular weight is 224 g/mol. The summed E-state index contributed by atoms with van der Waals surface area (Å²) in [5.41, 5.74) is 6.25. The summed E-state index contributed by atoms with van der Waals surface area (Å²) >= 11 is 5.77. The van der Waals surface area contributed by atoms with Gasteiger partial charge in [-0.1, -0.05) is 11.6 Å². The number of hydrogen-bond acceptors (Lipinski definition) is 3. The van der Waals surface area contributed by atoms with Gasteiger partial charge < -0.3 is 10.5 Å². The highest BCUT2D eigenvalue weighted by atomic mass is 35.5. The molecule has 0 bridgehead atoms. The zero-order chi connectivity index (χ0) is 10.8. The molecule has 0 saturated heterocycles. The van der Waals surface area contributed by atoms with E-state index in [1.165, 1.54) is 0 Å². The summed E-state index contributed by atoms with van der Waals surface area (Å²) in [6.45, 7) is 0. The second-order valence-corrected chi connectivity index (χ2v) is 3.57. The first kappa shape index (κ1) is 9.86. The summed E-state index contributed by atoms with van der Waals surface area (Å²) in [6, 6.07) is 5.10. The van der Waals surface area contributed by atoms with E-state index in [-0.39, 0.29) is 0 Å². The minimum absolute atomic E-state index is 0.506. The molecule has 15 heavy (non-hydrogen) atoms. The van der Waals surface area contributed by atoms with Crippen LogP contribution in [-0.4, -0.2) is 9.78 Å². The van der Waals surface area contributed by atoms with E-state index in [0.29, 0.717) is 22.2 Å². The number of nitrogen functional groups attached to an aromatic ring is 1. The topological polar surface area (TPSA) is 53.1 Å². The molecule has 0 fully saturated rings. The number of nitrogens with two attached hydrogens (primary N) is 1. The van der Waals surface area contributed by atoms with Crippen LogP contribution in [0.4, 0.5) is 5.69 Å². The fourth-order valence-electron chi connectivity index (χ4n) is 1.19. The summed E-state index contributed by atoms with van der Waals surface area (Å²) < 4.78 is 7.17. The highest BCUT2D eigenvalue weighted by Crippen LogP contribution is 2.29. The highest BCUT2D eigenvalue weighted by molar-refractivity contribution is 6.30. The van der Waals surface area contributed by atoms with E-state index < -0.39 is 0 Å². The monoisotopic (exact) mass is 223 g/mol. The maximum Gasteiger partial charge on any atom is 0.165 e. The van der Waals surface area contributed by atoms with Crippen molar-refractivity contribution >= 4 is 17.3 Å². The van der Waals surface area contributed by atoms with Gasteiger partial charge in [0.1, 0.15) is 0 Å². The van der Waals surface area contributed by atoms with Crippen molar-refractivity contribution in [2.45, 2.75) is 0 Å². The first-order chi connectivity index (χ1) is 7.15. The van der Waals surface area contributed by atoms with E-state index in [9.17, 15) is 0 Å². The van der Waals surface area contributed by atoms with Gasteiger partial charge in [0, 0.05) is 12.1 Å². The molecule has 2 rings (SSSR count). The van der Waals surface area contributed by atoms with Crippen LogP contribution < -0.4 is 10.5 Å². The fraction of sp³-hybridized carbons (Fsp3) is 0.100. The van der Waals surface area contributed by atoms with Crippen LogP contribution in [0.25, 0.3) is 0 Å². The Bertz CT molecular complexity index is 481. The first-order valence-electron chi connectivity index (χ1n) is 4.36. The third-order valence-electron chi connectivity index (χ3n) is 1.88. The Balaban J connectivity index is 2.24. The van der Waals surface area contributed by atoms with Crippen LogP contribution in [0.2, 0.25) is 5.02 Å². The van der Waals surface area contributed by atoms with Gasteiger partial charge in [0.2, 0.25) is 0 Å². The van der Waals surface area contributed by atoms with E-state index in [1.807, 2.05) is 7.05 Å². The number of halogens is 1. The molecule has 1 aromatic carbocycles.